The van der Waals surface area contributed by atoms with Crippen LogP contribution >= 0.6 is 44.4 Å². The highest BCUT2D eigenvalue weighted by Crippen LogP contribution is 2.26. The predicted molar refractivity (Wildman–Crippen MR) is 62.0 cm³/mol. The molecule has 1 rings (SSSR count). The molecule has 0 spiro atoms. The van der Waals surface area contributed by atoms with Crippen LogP contribution in [0.4, 0.5) is 0 Å². The molecule has 11 heavy (non-hydrogen) atoms. The number of hydrogen-bond donors (Lipinski definition) is 0. The van der Waals surface area contributed by atoms with E-state index in [1.165, 1.54) is 5.56 Å². The van der Waals surface area contributed by atoms with Gasteiger partial charge in [0.1, 0.15) is 12.2 Å². The summed E-state index contributed by atoms with van der Waals surface area (Å²) in [5.41, 5.74) is 1.27. The summed E-state index contributed by atoms with van der Waals surface area (Å²) < 4.78 is 5.30. The summed E-state index contributed by atoms with van der Waals surface area (Å²) in [5.74, 6) is 0.947. The zero-order chi connectivity index (χ0) is 8.10. The van der Waals surface area contributed by atoms with E-state index in [2.05, 4.69) is 50.1 Å². The summed E-state index contributed by atoms with van der Waals surface area (Å²) in [7, 11) is 0. The van der Waals surface area contributed by atoms with Crippen molar-refractivity contribution in [2.75, 3.05) is 0 Å². The molecule has 1 atom stereocenters. The monoisotopic (exact) mass is 344 g/mol. The third-order valence-corrected chi connectivity index (χ3v) is 2.86. The molecular formula is C7H7BrIOP. The highest BCUT2D eigenvalue weighted by atomic mass is 127. The van der Waals surface area contributed by atoms with Gasteiger partial charge in [0.15, 0.2) is 0 Å². The zero-order valence-electron chi connectivity index (χ0n) is 5.68. The quantitative estimate of drug-likeness (QED) is 0.459. The van der Waals surface area contributed by atoms with Crippen molar-refractivity contribution in [3.8, 4) is 5.75 Å². The molecular weight excluding hydrogens is 338 g/mol. The van der Waals surface area contributed by atoms with Gasteiger partial charge < -0.3 is 4.52 Å². The Morgan fingerprint density at radius 2 is 2.00 bits per heavy atom. The first kappa shape index (κ1) is 9.75. The van der Waals surface area contributed by atoms with Gasteiger partial charge in [0.05, 0.1) is 0 Å². The van der Waals surface area contributed by atoms with Crippen LogP contribution in [0.3, 0.4) is 0 Å². The second kappa shape index (κ2) is 5.33. The van der Waals surface area contributed by atoms with E-state index in [9.17, 15) is 0 Å². The Kier molecular flexibility index (Phi) is 4.72. The van der Waals surface area contributed by atoms with E-state index < -0.39 is 0 Å². The van der Waals surface area contributed by atoms with Gasteiger partial charge in [0.25, 0.3) is 0 Å². The fourth-order valence-electron chi connectivity index (χ4n) is 0.691. The van der Waals surface area contributed by atoms with Crippen LogP contribution in [0.25, 0.3) is 0 Å². The maximum atomic E-state index is 5.30. The number of rotatable bonds is 3. The molecule has 0 heterocycles. The molecule has 0 radical (unpaired) electrons. The lowest BCUT2D eigenvalue weighted by Crippen LogP contribution is -1.77. The summed E-state index contributed by atoms with van der Waals surface area (Å²) >= 11 is 5.59. The molecule has 1 aromatic carbocycles. The van der Waals surface area contributed by atoms with E-state index in [1.807, 2.05) is 12.1 Å². The molecule has 0 fully saturated rings. The van der Waals surface area contributed by atoms with Crippen molar-refractivity contribution in [2.24, 2.45) is 0 Å². The Labute approximate surface area is 89.4 Å². The maximum absolute atomic E-state index is 5.30. The fraction of sp³-hybridized carbons (Fsp3) is 0.143. The normalized spacial score (nSPS) is 10.7. The summed E-state index contributed by atoms with van der Waals surface area (Å²) in [6, 6.07) is 8.09. The molecule has 0 aliphatic carbocycles. The third-order valence-electron chi connectivity index (χ3n) is 1.23. The van der Waals surface area contributed by atoms with Gasteiger partial charge >= 0.3 is 0 Å². The maximum Gasteiger partial charge on any atom is 0.137 e. The number of alkyl halides is 1. The zero-order valence-corrected chi connectivity index (χ0v) is 10.4. The van der Waals surface area contributed by atoms with Crippen molar-refractivity contribution in [1.82, 2.24) is 0 Å². The SMILES string of the molecule is BrCc1ccc(OPI)cc1. The van der Waals surface area contributed by atoms with Gasteiger partial charge in [-0.2, -0.15) is 0 Å². The van der Waals surface area contributed by atoms with Crippen molar-refractivity contribution < 1.29 is 4.52 Å². The second-order valence-corrected chi connectivity index (χ2v) is 4.20. The minimum Gasteiger partial charge on any atom is -0.467 e. The molecule has 1 aromatic rings. The van der Waals surface area contributed by atoms with Crippen LogP contribution in [0, 0.1) is 0 Å². The molecule has 4 heteroatoms. The summed E-state index contributed by atoms with van der Waals surface area (Å²) in [5, 5.41) is 0.903. The van der Waals surface area contributed by atoms with E-state index in [0.29, 0.717) is 6.45 Å². The highest BCUT2D eigenvalue weighted by molar-refractivity contribution is 14.2. The minimum absolute atomic E-state index is 0.491. The van der Waals surface area contributed by atoms with Crippen LogP contribution in [0.1, 0.15) is 5.56 Å². The van der Waals surface area contributed by atoms with Crippen LogP contribution in [0.15, 0.2) is 24.3 Å². The standard InChI is InChI=1S/C7H7BrIOP/c8-5-6-1-3-7(4-2-6)10-11-9/h1-4,11H,5H2. The molecule has 1 unspecified atom stereocenters. The molecule has 0 saturated heterocycles. The smallest absolute Gasteiger partial charge is 0.137 e. The van der Waals surface area contributed by atoms with Crippen LogP contribution in [0.5, 0.6) is 5.75 Å². The molecule has 1 nitrogen and oxygen atoms in total. The third kappa shape index (κ3) is 3.26. The molecule has 0 aliphatic rings. The van der Waals surface area contributed by atoms with Crippen LogP contribution < -0.4 is 4.52 Å². The topological polar surface area (TPSA) is 9.23 Å². The van der Waals surface area contributed by atoms with E-state index in [-0.39, 0.29) is 0 Å². The van der Waals surface area contributed by atoms with Gasteiger partial charge in [-0.1, -0.05) is 28.1 Å². The van der Waals surface area contributed by atoms with Gasteiger partial charge in [-0.3, -0.25) is 0 Å². The Hall–Kier alpha value is 0.660. The van der Waals surface area contributed by atoms with Crippen LogP contribution in [-0.2, 0) is 5.33 Å². The lowest BCUT2D eigenvalue weighted by atomic mass is 10.2. The summed E-state index contributed by atoms with van der Waals surface area (Å²) in [4.78, 5) is 0. The average Bonchev–Trinajstić information content (AvgIpc) is 2.07. The van der Waals surface area contributed by atoms with E-state index >= 15 is 0 Å². The number of benzene rings is 1. The Morgan fingerprint density at radius 3 is 2.45 bits per heavy atom. The van der Waals surface area contributed by atoms with Gasteiger partial charge in [0, 0.05) is 5.33 Å². The van der Waals surface area contributed by atoms with Crippen molar-refractivity contribution >= 4 is 44.4 Å². The first-order chi connectivity index (χ1) is 5.36. The minimum atomic E-state index is 0.491. The fourth-order valence-corrected chi connectivity index (χ4v) is 2.05. The van der Waals surface area contributed by atoms with E-state index in [0.717, 1.165) is 11.1 Å². The summed E-state index contributed by atoms with van der Waals surface area (Å²) in [6.07, 6.45) is 0. The Morgan fingerprint density at radius 1 is 1.36 bits per heavy atom. The van der Waals surface area contributed by atoms with E-state index in [4.69, 9.17) is 4.52 Å². The second-order valence-electron chi connectivity index (χ2n) is 1.96. The molecule has 0 bridgehead atoms. The van der Waals surface area contributed by atoms with Gasteiger partial charge in [-0.15, -0.1) is 0 Å². The van der Waals surface area contributed by atoms with Gasteiger partial charge in [-0.25, -0.2) is 0 Å². The molecule has 0 N–H and O–H groups in total. The lowest BCUT2D eigenvalue weighted by Gasteiger charge is -2.00. The molecule has 0 saturated carbocycles. The first-order valence-electron chi connectivity index (χ1n) is 3.04. The van der Waals surface area contributed by atoms with Gasteiger partial charge in [-0.05, 0) is 39.7 Å². The first-order valence-corrected chi connectivity index (χ1v) is 8.18. The van der Waals surface area contributed by atoms with Crippen molar-refractivity contribution in [2.45, 2.75) is 5.33 Å². The Bertz CT molecular complexity index is 214. The average molecular weight is 345 g/mol. The van der Waals surface area contributed by atoms with Crippen molar-refractivity contribution in [3.63, 3.8) is 0 Å². The predicted octanol–water partition coefficient (Wildman–Crippen LogP) is 3.90. The Balaban J connectivity index is 2.66. The molecule has 0 amide bonds. The van der Waals surface area contributed by atoms with Gasteiger partial charge in [0.2, 0.25) is 0 Å². The highest BCUT2D eigenvalue weighted by Gasteiger charge is 1.91. The number of hydrogen-bond acceptors (Lipinski definition) is 1. The lowest BCUT2D eigenvalue weighted by molar-refractivity contribution is 0.644. The summed E-state index contributed by atoms with van der Waals surface area (Å²) in [6.45, 7) is 0.491. The van der Waals surface area contributed by atoms with E-state index in [1.54, 1.807) is 0 Å². The molecule has 60 valence electrons. The molecule has 0 aromatic heterocycles. The number of halogens is 2. The van der Waals surface area contributed by atoms with Crippen molar-refractivity contribution in [1.29, 1.82) is 0 Å². The van der Waals surface area contributed by atoms with Crippen molar-refractivity contribution in [3.05, 3.63) is 29.8 Å². The van der Waals surface area contributed by atoms with Crippen LogP contribution in [0.2, 0.25) is 0 Å². The van der Waals surface area contributed by atoms with Crippen LogP contribution in [-0.4, -0.2) is 0 Å². The molecule has 0 aliphatic heterocycles. The largest absolute Gasteiger partial charge is 0.467 e.